The van der Waals surface area contributed by atoms with Crippen LogP contribution in [-0.4, -0.2) is 52.3 Å². The van der Waals surface area contributed by atoms with E-state index in [0.29, 0.717) is 0 Å². The molecule has 2 fully saturated rings. The van der Waals surface area contributed by atoms with Crippen molar-refractivity contribution in [3.05, 3.63) is 35.9 Å². The molecule has 1 aromatic rings. The smallest absolute Gasteiger partial charge is 0.231 e. The van der Waals surface area contributed by atoms with Gasteiger partial charge in [0.2, 0.25) is 11.8 Å². The molecule has 2 heterocycles. The minimum absolute atomic E-state index is 0.138. The van der Waals surface area contributed by atoms with Gasteiger partial charge in [0.25, 0.3) is 0 Å². The van der Waals surface area contributed by atoms with E-state index in [1.54, 1.807) is 6.92 Å². The summed E-state index contributed by atoms with van der Waals surface area (Å²) >= 11 is 0. The summed E-state index contributed by atoms with van der Waals surface area (Å²) in [5, 5.41) is 0. The summed E-state index contributed by atoms with van der Waals surface area (Å²) in [5.41, 5.74) is 6.62. The second-order valence-electron chi connectivity index (χ2n) is 8.08. The molecule has 2 amide bonds. The molecule has 2 saturated heterocycles. The van der Waals surface area contributed by atoms with Gasteiger partial charge in [-0.25, -0.2) is 0 Å². The summed E-state index contributed by atoms with van der Waals surface area (Å²) in [6.07, 6.45) is 6.11. The van der Waals surface area contributed by atoms with E-state index in [9.17, 15) is 9.59 Å². The third-order valence-corrected chi connectivity index (χ3v) is 6.24. The Kier molecular flexibility index (Phi) is 5.66. The first-order chi connectivity index (χ1) is 12.4. The summed E-state index contributed by atoms with van der Waals surface area (Å²) in [7, 11) is 0. The molecule has 2 N–H and O–H groups in total. The quantitative estimate of drug-likeness (QED) is 0.899. The monoisotopic (exact) mass is 357 g/mol. The predicted octanol–water partition coefficient (Wildman–Crippen LogP) is 2.34. The number of likely N-dealkylation sites (tertiary alicyclic amines) is 2. The van der Waals surface area contributed by atoms with Gasteiger partial charge in [-0.15, -0.1) is 0 Å². The molecule has 0 unspecified atom stereocenters. The molecule has 0 aromatic heterocycles. The maximum atomic E-state index is 12.4. The number of primary amides is 1. The van der Waals surface area contributed by atoms with Crippen molar-refractivity contribution in [2.75, 3.05) is 13.1 Å². The SMILES string of the molecule is CC(=O)N1CCCCC[C@@H]2N(CC(N)=O)[C@H](Cc3ccccc3)C[C@@]21C. The highest BCUT2D eigenvalue weighted by atomic mass is 16.2. The lowest BCUT2D eigenvalue weighted by Crippen LogP contribution is -2.58. The van der Waals surface area contributed by atoms with Crippen molar-refractivity contribution in [3.8, 4) is 0 Å². The van der Waals surface area contributed by atoms with E-state index in [-0.39, 0.29) is 36.0 Å². The average Bonchev–Trinajstić information content (AvgIpc) is 2.80. The van der Waals surface area contributed by atoms with Crippen LogP contribution in [-0.2, 0) is 16.0 Å². The van der Waals surface area contributed by atoms with Crippen molar-refractivity contribution in [1.82, 2.24) is 9.80 Å². The summed E-state index contributed by atoms with van der Waals surface area (Å²) < 4.78 is 0. The Labute approximate surface area is 156 Å². The second-order valence-corrected chi connectivity index (χ2v) is 8.08. The van der Waals surface area contributed by atoms with Crippen LogP contribution in [0.15, 0.2) is 30.3 Å². The maximum Gasteiger partial charge on any atom is 0.231 e. The van der Waals surface area contributed by atoms with Crippen molar-refractivity contribution in [2.24, 2.45) is 5.73 Å². The highest BCUT2D eigenvalue weighted by molar-refractivity contribution is 5.76. The molecular formula is C21H31N3O2. The summed E-state index contributed by atoms with van der Waals surface area (Å²) in [4.78, 5) is 28.6. The third-order valence-electron chi connectivity index (χ3n) is 6.24. The number of benzene rings is 1. The minimum atomic E-state index is -0.288. The molecule has 2 aliphatic heterocycles. The van der Waals surface area contributed by atoms with Crippen LogP contribution in [0.5, 0.6) is 0 Å². The van der Waals surface area contributed by atoms with E-state index in [1.807, 2.05) is 6.07 Å². The molecule has 0 radical (unpaired) electrons. The molecule has 5 nitrogen and oxygen atoms in total. The zero-order valence-corrected chi connectivity index (χ0v) is 16.0. The molecule has 0 saturated carbocycles. The number of amides is 2. The average molecular weight is 357 g/mol. The summed E-state index contributed by atoms with van der Waals surface area (Å²) in [5.74, 6) is -0.150. The fourth-order valence-electron chi connectivity index (χ4n) is 5.16. The highest BCUT2D eigenvalue weighted by Crippen LogP contribution is 2.42. The molecule has 26 heavy (non-hydrogen) atoms. The fraction of sp³-hybridized carbons (Fsp3) is 0.619. The van der Waals surface area contributed by atoms with E-state index in [4.69, 9.17) is 5.73 Å². The molecule has 142 valence electrons. The summed E-state index contributed by atoms with van der Waals surface area (Å²) in [6, 6.07) is 10.8. The molecule has 0 aliphatic carbocycles. The Morgan fingerprint density at radius 2 is 1.92 bits per heavy atom. The van der Waals surface area contributed by atoms with Crippen LogP contribution < -0.4 is 5.73 Å². The van der Waals surface area contributed by atoms with Crippen molar-refractivity contribution in [3.63, 3.8) is 0 Å². The Morgan fingerprint density at radius 3 is 2.58 bits per heavy atom. The van der Waals surface area contributed by atoms with Gasteiger partial charge < -0.3 is 10.6 Å². The molecule has 1 aromatic carbocycles. The maximum absolute atomic E-state index is 12.4. The van der Waals surface area contributed by atoms with Gasteiger partial charge in [0.05, 0.1) is 12.1 Å². The van der Waals surface area contributed by atoms with Crippen LogP contribution in [0, 0.1) is 0 Å². The van der Waals surface area contributed by atoms with Gasteiger partial charge in [0.1, 0.15) is 0 Å². The number of hydrogen-bond acceptors (Lipinski definition) is 3. The first-order valence-electron chi connectivity index (χ1n) is 9.78. The Morgan fingerprint density at radius 1 is 1.19 bits per heavy atom. The van der Waals surface area contributed by atoms with Gasteiger partial charge in [0.15, 0.2) is 0 Å². The van der Waals surface area contributed by atoms with Gasteiger partial charge in [-0.3, -0.25) is 14.5 Å². The molecule has 3 atom stereocenters. The van der Waals surface area contributed by atoms with E-state index in [0.717, 1.165) is 45.1 Å². The van der Waals surface area contributed by atoms with E-state index in [1.165, 1.54) is 5.56 Å². The highest BCUT2D eigenvalue weighted by Gasteiger charge is 2.53. The first-order valence-corrected chi connectivity index (χ1v) is 9.78. The fourth-order valence-corrected chi connectivity index (χ4v) is 5.16. The van der Waals surface area contributed by atoms with Crippen LogP contribution in [0.3, 0.4) is 0 Å². The number of carbonyl (C=O) groups is 2. The number of fused-ring (bicyclic) bond motifs is 1. The summed E-state index contributed by atoms with van der Waals surface area (Å²) in [6.45, 7) is 4.96. The standard InChI is InChI=1S/C21H31N3O2/c1-16(25)24-12-8-4-7-11-19-21(24,2)14-18(23(19)15-20(22)26)13-17-9-5-3-6-10-17/h3,5-6,9-10,18-19H,4,7-8,11-15H2,1-2H3,(H2,22,26)/t18-,19+,21+/m1/s1. The van der Waals surface area contributed by atoms with Crippen molar-refractivity contribution >= 4 is 11.8 Å². The second kappa shape index (κ2) is 7.78. The Bertz CT molecular complexity index is 648. The van der Waals surface area contributed by atoms with Gasteiger partial charge in [-0.2, -0.15) is 0 Å². The number of nitrogens with two attached hydrogens (primary N) is 1. The molecule has 5 heteroatoms. The minimum Gasteiger partial charge on any atom is -0.369 e. The molecule has 0 bridgehead atoms. The van der Waals surface area contributed by atoms with Crippen molar-refractivity contribution < 1.29 is 9.59 Å². The van der Waals surface area contributed by atoms with E-state index < -0.39 is 0 Å². The zero-order chi connectivity index (χ0) is 18.7. The predicted molar refractivity (Wildman–Crippen MR) is 102 cm³/mol. The Hall–Kier alpha value is -1.88. The van der Waals surface area contributed by atoms with Gasteiger partial charge in [-0.05, 0) is 38.2 Å². The van der Waals surface area contributed by atoms with Crippen LogP contribution >= 0.6 is 0 Å². The van der Waals surface area contributed by atoms with Gasteiger partial charge in [0, 0.05) is 25.6 Å². The molecular weight excluding hydrogens is 326 g/mol. The normalized spacial score (nSPS) is 29.7. The lowest BCUT2D eigenvalue weighted by Gasteiger charge is -2.45. The van der Waals surface area contributed by atoms with Gasteiger partial charge >= 0.3 is 0 Å². The topological polar surface area (TPSA) is 66.6 Å². The lowest BCUT2D eigenvalue weighted by atomic mass is 9.83. The van der Waals surface area contributed by atoms with Crippen LogP contribution in [0.4, 0.5) is 0 Å². The molecule has 3 rings (SSSR count). The van der Waals surface area contributed by atoms with E-state index in [2.05, 4.69) is 41.0 Å². The lowest BCUT2D eigenvalue weighted by molar-refractivity contribution is -0.136. The van der Waals surface area contributed by atoms with Crippen LogP contribution in [0.2, 0.25) is 0 Å². The largest absolute Gasteiger partial charge is 0.369 e. The van der Waals surface area contributed by atoms with Gasteiger partial charge in [-0.1, -0.05) is 43.2 Å². The first kappa shape index (κ1) is 18.9. The van der Waals surface area contributed by atoms with Crippen molar-refractivity contribution in [2.45, 2.75) is 70.0 Å². The number of carbonyl (C=O) groups excluding carboxylic acids is 2. The Balaban J connectivity index is 1.94. The number of nitrogens with zero attached hydrogens (tertiary/aromatic N) is 2. The van der Waals surface area contributed by atoms with Crippen LogP contribution in [0.1, 0.15) is 51.5 Å². The molecule has 2 aliphatic rings. The number of hydrogen-bond donors (Lipinski definition) is 1. The van der Waals surface area contributed by atoms with Crippen LogP contribution in [0.25, 0.3) is 0 Å². The molecule has 0 spiro atoms. The third kappa shape index (κ3) is 3.78. The van der Waals surface area contributed by atoms with E-state index >= 15 is 0 Å². The number of rotatable bonds is 4. The van der Waals surface area contributed by atoms with Crippen molar-refractivity contribution in [1.29, 1.82) is 0 Å². The zero-order valence-electron chi connectivity index (χ0n) is 16.0.